The first-order chi connectivity index (χ1) is 15.7. The van der Waals surface area contributed by atoms with Crippen LogP contribution in [0.5, 0.6) is 0 Å². The second-order valence-corrected chi connectivity index (χ2v) is 9.98. The predicted octanol–water partition coefficient (Wildman–Crippen LogP) is 4.19. The van der Waals surface area contributed by atoms with Crippen molar-refractivity contribution >= 4 is 21.6 Å². The zero-order chi connectivity index (χ0) is 23.8. The van der Waals surface area contributed by atoms with Crippen LogP contribution in [0.2, 0.25) is 0 Å². The number of benzene rings is 2. The maximum atomic E-state index is 14.7. The number of hydrogen-bond donors (Lipinski definition) is 1. The van der Waals surface area contributed by atoms with E-state index in [-0.39, 0.29) is 16.9 Å². The summed E-state index contributed by atoms with van der Waals surface area (Å²) in [6.07, 6.45) is 2.34. The highest BCUT2D eigenvalue weighted by atomic mass is 32.2. The van der Waals surface area contributed by atoms with Gasteiger partial charge in [0.25, 0.3) is 5.91 Å². The SMILES string of the molecule is Cc1cc(C)n(-c2ccc(NC(=O)c3ccc(F)c(S(=O)(=O)N4CCCCC4)c3)cc2F)n1. The molecule has 0 radical (unpaired) electrons. The van der Waals surface area contributed by atoms with Crippen molar-refractivity contribution in [1.29, 1.82) is 0 Å². The molecule has 1 aliphatic heterocycles. The third kappa shape index (κ3) is 4.67. The number of aromatic nitrogens is 2. The quantitative estimate of drug-likeness (QED) is 0.601. The molecule has 0 atom stereocenters. The largest absolute Gasteiger partial charge is 0.322 e. The summed E-state index contributed by atoms with van der Waals surface area (Å²) in [5.41, 5.74) is 1.87. The van der Waals surface area contributed by atoms with Gasteiger partial charge in [-0.1, -0.05) is 6.42 Å². The highest BCUT2D eigenvalue weighted by Gasteiger charge is 2.29. The van der Waals surface area contributed by atoms with Crippen molar-refractivity contribution in [3.63, 3.8) is 0 Å². The zero-order valence-corrected chi connectivity index (χ0v) is 19.1. The molecule has 174 valence electrons. The average Bonchev–Trinajstić information content (AvgIpc) is 3.12. The van der Waals surface area contributed by atoms with Crippen LogP contribution < -0.4 is 5.32 Å². The predicted molar refractivity (Wildman–Crippen MR) is 120 cm³/mol. The Morgan fingerprint density at radius 3 is 2.33 bits per heavy atom. The molecule has 2 aromatic carbocycles. The summed E-state index contributed by atoms with van der Waals surface area (Å²) in [5.74, 6) is -2.19. The molecule has 7 nitrogen and oxygen atoms in total. The number of aryl methyl sites for hydroxylation is 2. The van der Waals surface area contributed by atoms with Gasteiger partial charge >= 0.3 is 0 Å². The molecule has 0 spiro atoms. The Morgan fingerprint density at radius 1 is 0.970 bits per heavy atom. The highest BCUT2D eigenvalue weighted by molar-refractivity contribution is 7.89. The standard InChI is InChI=1S/C23H24F2N4O3S/c1-15-12-16(2)29(27-15)21-9-7-18(14-20(21)25)26-23(30)17-6-8-19(24)22(13-17)33(31,32)28-10-4-3-5-11-28/h6-9,12-14H,3-5,10-11H2,1-2H3,(H,26,30). The number of nitrogens with one attached hydrogen (secondary N) is 1. The van der Waals surface area contributed by atoms with Crippen LogP contribution in [0.3, 0.4) is 0 Å². The lowest BCUT2D eigenvalue weighted by molar-refractivity contribution is 0.102. The molecule has 0 saturated carbocycles. The van der Waals surface area contributed by atoms with Gasteiger partial charge in [0, 0.05) is 30.0 Å². The maximum Gasteiger partial charge on any atom is 0.255 e. The molecule has 1 aliphatic rings. The molecule has 1 saturated heterocycles. The lowest BCUT2D eigenvalue weighted by atomic mass is 10.2. The topological polar surface area (TPSA) is 84.3 Å². The van der Waals surface area contributed by atoms with Crippen LogP contribution in [-0.4, -0.2) is 41.5 Å². The van der Waals surface area contributed by atoms with E-state index in [0.29, 0.717) is 25.9 Å². The molecular formula is C23H24F2N4O3S. The Labute approximate surface area is 191 Å². The second kappa shape index (κ2) is 9.03. The van der Waals surface area contributed by atoms with Gasteiger partial charge < -0.3 is 5.32 Å². The van der Waals surface area contributed by atoms with Crippen LogP contribution in [0.15, 0.2) is 47.4 Å². The Morgan fingerprint density at radius 2 is 1.70 bits per heavy atom. The molecule has 1 N–H and O–H groups in total. The van der Waals surface area contributed by atoms with E-state index in [1.165, 1.54) is 27.2 Å². The van der Waals surface area contributed by atoms with E-state index in [1.54, 1.807) is 13.8 Å². The van der Waals surface area contributed by atoms with Crippen molar-refractivity contribution in [2.75, 3.05) is 18.4 Å². The molecule has 0 bridgehead atoms. The van der Waals surface area contributed by atoms with Crippen molar-refractivity contribution in [2.24, 2.45) is 0 Å². The molecule has 10 heteroatoms. The molecule has 1 fully saturated rings. The van der Waals surface area contributed by atoms with E-state index in [2.05, 4.69) is 10.4 Å². The molecule has 0 aliphatic carbocycles. The Kier molecular flexibility index (Phi) is 6.31. The maximum absolute atomic E-state index is 14.7. The van der Waals surface area contributed by atoms with Gasteiger partial charge in [0.1, 0.15) is 16.4 Å². The van der Waals surface area contributed by atoms with Crippen LogP contribution in [-0.2, 0) is 10.0 Å². The summed E-state index contributed by atoms with van der Waals surface area (Å²) in [4.78, 5) is 12.2. The van der Waals surface area contributed by atoms with Crippen LogP contribution in [0.4, 0.5) is 14.5 Å². The smallest absolute Gasteiger partial charge is 0.255 e. The van der Waals surface area contributed by atoms with E-state index < -0.39 is 32.5 Å². The number of piperidine rings is 1. The number of halogens is 2. The lowest BCUT2D eigenvalue weighted by Crippen LogP contribution is -2.36. The fourth-order valence-corrected chi connectivity index (χ4v) is 5.53. The van der Waals surface area contributed by atoms with Crippen LogP contribution in [0.1, 0.15) is 41.0 Å². The van der Waals surface area contributed by atoms with E-state index in [0.717, 1.165) is 36.0 Å². The summed E-state index contributed by atoms with van der Waals surface area (Å²) in [6, 6.07) is 9.15. The summed E-state index contributed by atoms with van der Waals surface area (Å²) in [6.45, 7) is 4.25. The van der Waals surface area contributed by atoms with Crippen molar-refractivity contribution in [2.45, 2.75) is 38.0 Å². The summed E-state index contributed by atoms with van der Waals surface area (Å²) in [7, 11) is -4.06. The molecule has 0 unspecified atom stereocenters. The van der Waals surface area contributed by atoms with Crippen LogP contribution in [0.25, 0.3) is 5.69 Å². The lowest BCUT2D eigenvalue weighted by Gasteiger charge is -2.26. The number of sulfonamides is 1. The Balaban J connectivity index is 1.57. The third-order valence-electron chi connectivity index (χ3n) is 5.57. The number of carbonyl (C=O) groups is 1. The number of amides is 1. The zero-order valence-electron chi connectivity index (χ0n) is 18.3. The summed E-state index contributed by atoms with van der Waals surface area (Å²) >= 11 is 0. The minimum atomic E-state index is -4.06. The first-order valence-electron chi connectivity index (χ1n) is 10.6. The van der Waals surface area contributed by atoms with Crippen molar-refractivity contribution in [3.05, 3.63) is 71.1 Å². The van der Waals surface area contributed by atoms with Gasteiger partial charge in [-0.15, -0.1) is 0 Å². The van der Waals surface area contributed by atoms with Crippen LogP contribution in [0, 0.1) is 25.5 Å². The van der Waals surface area contributed by atoms with Crippen molar-refractivity contribution in [3.8, 4) is 5.69 Å². The second-order valence-electron chi connectivity index (χ2n) is 8.07. The van der Waals surface area contributed by atoms with E-state index in [4.69, 9.17) is 0 Å². The molecule has 1 aromatic heterocycles. The molecule has 4 rings (SSSR count). The van der Waals surface area contributed by atoms with Gasteiger partial charge in [0.15, 0.2) is 5.82 Å². The molecule has 3 aromatic rings. The minimum absolute atomic E-state index is 0.0463. The Hall–Kier alpha value is -3.11. The number of anilines is 1. The minimum Gasteiger partial charge on any atom is -0.322 e. The fraction of sp³-hybridized carbons (Fsp3) is 0.304. The van der Waals surface area contributed by atoms with Gasteiger partial charge in [-0.3, -0.25) is 4.79 Å². The molecule has 33 heavy (non-hydrogen) atoms. The van der Waals surface area contributed by atoms with E-state index >= 15 is 0 Å². The first kappa shape index (κ1) is 23.1. The molecule has 2 heterocycles. The molecule has 1 amide bonds. The van der Waals surface area contributed by atoms with E-state index in [1.807, 2.05) is 6.07 Å². The first-order valence-corrected chi connectivity index (χ1v) is 12.0. The van der Waals surface area contributed by atoms with Gasteiger partial charge in [-0.05, 0) is 69.2 Å². The number of rotatable bonds is 5. The average molecular weight is 475 g/mol. The highest BCUT2D eigenvalue weighted by Crippen LogP contribution is 2.25. The number of nitrogens with zero attached hydrogens (tertiary/aromatic N) is 3. The Bertz CT molecular complexity index is 1320. The fourth-order valence-electron chi connectivity index (χ4n) is 3.92. The van der Waals surface area contributed by atoms with Crippen LogP contribution >= 0.6 is 0 Å². The monoisotopic (exact) mass is 474 g/mol. The van der Waals surface area contributed by atoms with Gasteiger partial charge in [0.05, 0.1) is 5.69 Å². The summed E-state index contributed by atoms with van der Waals surface area (Å²) in [5, 5.41) is 6.79. The van der Waals surface area contributed by atoms with Crippen molar-refractivity contribution < 1.29 is 22.0 Å². The number of hydrogen-bond acceptors (Lipinski definition) is 4. The summed E-state index contributed by atoms with van der Waals surface area (Å²) < 4.78 is 57.6. The van der Waals surface area contributed by atoms with Crippen molar-refractivity contribution in [1.82, 2.24) is 14.1 Å². The normalized spacial score (nSPS) is 14.9. The van der Waals surface area contributed by atoms with E-state index in [9.17, 15) is 22.0 Å². The van der Waals surface area contributed by atoms with Gasteiger partial charge in [-0.25, -0.2) is 21.9 Å². The van der Waals surface area contributed by atoms with Gasteiger partial charge in [0.2, 0.25) is 10.0 Å². The molecular weight excluding hydrogens is 450 g/mol. The third-order valence-corrected chi connectivity index (χ3v) is 7.48. The number of carbonyl (C=O) groups excluding carboxylic acids is 1. The van der Waals surface area contributed by atoms with Gasteiger partial charge in [-0.2, -0.15) is 9.40 Å².